The first-order valence-electron chi connectivity index (χ1n) is 7.24. The van der Waals surface area contributed by atoms with Crippen LogP contribution in [-0.4, -0.2) is 18.1 Å². The van der Waals surface area contributed by atoms with Gasteiger partial charge in [0.05, 0.1) is 21.7 Å². The number of rotatable bonds is 1. The average molecular weight is 299 g/mol. The molecule has 2 aromatic carbocycles. The van der Waals surface area contributed by atoms with Crippen molar-refractivity contribution < 1.29 is 0 Å². The van der Waals surface area contributed by atoms with Gasteiger partial charge in [0.1, 0.15) is 0 Å². The molecule has 0 radical (unpaired) electrons. The average Bonchev–Trinajstić information content (AvgIpc) is 3.02. The zero-order chi connectivity index (χ0) is 14.4. The van der Waals surface area contributed by atoms with E-state index < -0.39 is 0 Å². The van der Waals surface area contributed by atoms with Crippen LogP contribution in [0.25, 0.3) is 21.8 Å². The molecule has 106 valence electrons. The molecule has 0 aliphatic carbocycles. The highest BCUT2D eigenvalue weighted by Gasteiger charge is 2.17. The number of pyridine rings is 1. The molecule has 1 N–H and O–H groups in total. The fourth-order valence-electron chi connectivity index (χ4n) is 3.19. The largest absolute Gasteiger partial charge is 0.370 e. The summed E-state index contributed by atoms with van der Waals surface area (Å²) in [6, 6.07) is 11.4. The molecule has 4 rings (SSSR count). The smallest absolute Gasteiger partial charge is 0.197 e. The normalized spacial score (nSPS) is 15.2. The van der Waals surface area contributed by atoms with Crippen molar-refractivity contribution in [2.45, 2.75) is 12.8 Å². The van der Waals surface area contributed by atoms with Crippen LogP contribution in [-0.2, 0) is 0 Å². The predicted molar refractivity (Wildman–Crippen MR) is 88.5 cm³/mol. The number of hydrogen-bond acceptors (Lipinski definition) is 2. The third-order valence-corrected chi connectivity index (χ3v) is 4.56. The summed E-state index contributed by atoms with van der Waals surface area (Å²) in [7, 11) is 0. The second-order valence-electron chi connectivity index (χ2n) is 5.51. The van der Waals surface area contributed by atoms with Crippen molar-refractivity contribution >= 4 is 39.1 Å². The Hall–Kier alpha value is -2.00. The van der Waals surface area contributed by atoms with Crippen LogP contribution in [0.2, 0.25) is 5.02 Å². The molecular formula is C17H15ClN2O. The highest BCUT2D eigenvalue weighted by molar-refractivity contribution is 6.35. The van der Waals surface area contributed by atoms with E-state index in [0.29, 0.717) is 10.4 Å². The molecule has 0 spiro atoms. The maximum atomic E-state index is 12.7. The van der Waals surface area contributed by atoms with E-state index in [0.717, 1.165) is 35.2 Å². The molecule has 0 unspecified atom stereocenters. The quantitative estimate of drug-likeness (QED) is 0.691. The van der Waals surface area contributed by atoms with E-state index in [1.807, 2.05) is 30.3 Å². The maximum absolute atomic E-state index is 12.7. The lowest BCUT2D eigenvalue weighted by atomic mass is 10.1. The number of aromatic nitrogens is 1. The van der Waals surface area contributed by atoms with Crippen LogP contribution in [0.4, 0.5) is 5.69 Å². The molecule has 21 heavy (non-hydrogen) atoms. The Bertz CT molecular complexity index is 894. The monoisotopic (exact) mass is 298 g/mol. The van der Waals surface area contributed by atoms with Crippen molar-refractivity contribution in [1.82, 2.24) is 4.98 Å². The number of nitrogens with zero attached hydrogens (tertiary/aromatic N) is 1. The number of H-pyrrole nitrogens is 1. The summed E-state index contributed by atoms with van der Waals surface area (Å²) in [6.45, 7) is 2.09. The second-order valence-corrected chi connectivity index (χ2v) is 5.92. The topological polar surface area (TPSA) is 36.1 Å². The number of anilines is 1. The molecule has 4 heteroatoms. The highest BCUT2D eigenvalue weighted by atomic mass is 35.5. The van der Waals surface area contributed by atoms with Gasteiger partial charge in [-0.3, -0.25) is 4.79 Å². The first kappa shape index (κ1) is 12.7. The lowest BCUT2D eigenvalue weighted by Crippen LogP contribution is -2.19. The van der Waals surface area contributed by atoms with Gasteiger partial charge in [-0.1, -0.05) is 23.7 Å². The molecule has 1 fully saturated rings. The van der Waals surface area contributed by atoms with Crippen molar-refractivity contribution in [1.29, 1.82) is 0 Å². The second kappa shape index (κ2) is 4.78. The SMILES string of the molecule is O=c1c2cccc(Cl)c2[nH]c2c(N3CCCC3)cccc12. The number of para-hydroxylation sites is 2. The van der Waals surface area contributed by atoms with E-state index in [2.05, 4.69) is 16.0 Å². The third-order valence-electron chi connectivity index (χ3n) is 4.24. The number of benzene rings is 2. The zero-order valence-corrected chi connectivity index (χ0v) is 12.3. The van der Waals surface area contributed by atoms with Gasteiger partial charge >= 0.3 is 0 Å². The molecule has 3 aromatic rings. The Morgan fingerprint density at radius 1 is 0.952 bits per heavy atom. The third kappa shape index (κ3) is 1.92. The molecule has 3 nitrogen and oxygen atoms in total. The number of aromatic amines is 1. The van der Waals surface area contributed by atoms with E-state index in [1.165, 1.54) is 12.8 Å². The van der Waals surface area contributed by atoms with Gasteiger partial charge in [-0.05, 0) is 37.1 Å². The van der Waals surface area contributed by atoms with Gasteiger partial charge in [0.2, 0.25) is 0 Å². The molecule has 1 aliphatic rings. The number of hydrogen-bond donors (Lipinski definition) is 1. The van der Waals surface area contributed by atoms with Crippen LogP contribution in [0.15, 0.2) is 41.2 Å². The van der Waals surface area contributed by atoms with E-state index in [4.69, 9.17) is 11.6 Å². The van der Waals surface area contributed by atoms with Crippen molar-refractivity contribution in [2.75, 3.05) is 18.0 Å². The van der Waals surface area contributed by atoms with Gasteiger partial charge in [-0.2, -0.15) is 0 Å². The van der Waals surface area contributed by atoms with Crippen LogP contribution in [0.3, 0.4) is 0 Å². The summed E-state index contributed by atoms with van der Waals surface area (Å²) in [6.07, 6.45) is 2.41. The molecule has 1 aliphatic heterocycles. The molecule has 2 heterocycles. The molecular weight excluding hydrogens is 284 g/mol. The van der Waals surface area contributed by atoms with Crippen LogP contribution >= 0.6 is 11.6 Å². The van der Waals surface area contributed by atoms with Gasteiger partial charge < -0.3 is 9.88 Å². The predicted octanol–water partition coefficient (Wildman–Crippen LogP) is 3.93. The number of fused-ring (bicyclic) bond motifs is 2. The van der Waals surface area contributed by atoms with Crippen LogP contribution < -0.4 is 10.3 Å². The first-order valence-corrected chi connectivity index (χ1v) is 7.62. The van der Waals surface area contributed by atoms with E-state index in [1.54, 1.807) is 0 Å². The summed E-state index contributed by atoms with van der Waals surface area (Å²) in [5, 5.41) is 1.96. The minimum Gasteiger partial charge on any atom is -0.370 e. The Kier molecular flexibility index (Phi) is 2.89. The molecule has 0 bridgehead atoms. The van der Waals surface area contributed by atoms with Crippen molar-refractivity contribution in [3.05, 3.63) is 51.6 Å². The summed E-state index contributed by atoms with van der Waals surface area (Å²) in [5.41, 5.74) is 2.76. The maximum Gasteiger partial charge on any atom is 0.197 e. The minimum atomic E-state index is 0.0438. The highest BCUT2D eigenvalue weighted by Crippen LogP contribution is 2.29. The summed E-state index contributed by atoms with van der Waals surface area (Å²) in [4.78, 5) is 18.4. The molecule has 1 saturated heterocycles. The van der Waals surface area contributed by atoms with Gasteiger partial charge in [0, 0.05) is 23.9 Å². The van der Waals surface area contributed by atoms with E-state index in [-0.39, 0.29) is 5.43 Å². The number of halogens is 1. The van der Waals surface area contributed by atoms with Crippen LogP contribution in [0.1, 0.15) is 12.8 Å². The van der Waals surface area contributed by atoms with Crippen molar-refractivity contribution in [3.63, 3.8) is 0 Å². The zero-order valence-electron chi connectivity index (χ0n) is 11.5. The summed E-state index contributed by atoms with van der Waals surface area (Å²) in [5.74, 6) is 0. The minimum absolute atomic E-state index is 0.0438. The van der Waals surface area contributed by atoms with E-state index >= 15 is 0 Å². The van der Waals surface area contributed by atoms with Gasteiger partial charge in [-0.15, -0.1) is 0 Å². The summed E-state index contributed by atoms with van der Waals surface area (Å²) >= 11 is 6.26. The Morgan fingerprint density at radius 2 is 1.62 bits per heavy atom. The fourth-order valence-corrected chi connectivity index (χ4v) is 3.41. The summed E-state index contributed by atoms with van der Waals surface area (Å²) < 4.78 is 0. The fraction of sp³-hybridized carbons (Fsp3) is 0.235. The van der Waals surface area contributed by atoms with Crippen molar-refractivity contribution in [2.24, 2.45) is 0 Å². The standard InChI is InChI=1S/C17H15ClN2O/c18-13-7-3-5-11-15(13)19-16-12(17(11)21)6-4-8-14(16)20-9-1-2-10-20/h3-8H,1-2,9-10H2,(H,19,21). The van der Waals surface area contributed by atoms with Crippen LogP contribution in [0, 0.1) is 0 Å². The molecule has 0 amide bonds. The van der Waals surface area contributed by atoms with Crippen molar-refractivity contribution in [3.8, 4) is 0 Å². The van der Waals surface area contributed by atoms with Gasteiger partial charge in [0.25, 0.3) is 0 Å². The molecule has 1 aromatic heterocycles. The lowest BCUT2D eigenvalue weighted by molar-refractivity contribution is 0.949. The Balaban J connectivity index is 2.12. The first-order chi connectivity index (χ1) is 10.3. The number of nitrogens with one attached hydrogen (secondary N) is 1. The van der Waals surface area contributed by atoms with Crippen LogP contribution in [0.5, 0.6) is 0 Å². The van der Waals surface area contributed by atoms with Gasteiger partial charge in [0.15, 0.2) is 5.43 Å². The van der Waals surface area contributed by atoms with E-state index in [9.17, 15) is 4.79 Å². The van der Waals surface area contributed by atoms with Gasteiger partial charge in [-0.25, -0.2) is 0 Å². The Morgan fingerprint density at radius 3 is 2.38 bits per heavy atom. The lowest BCUT2D eigenvalue weighted by Gasteiger charge is -2.19. The molecule has 0 atom stereocenters. The Labute approximate surface area is 127 Å². The molecule has 0 saturated carbocycles.